The summed E-state index contributed by atoms with van der Waals surface area (Å²) in [7, 11) is 0. The molecular formula is C16H21N3O. The molecule has 4 nitrogen and oxygen atoms in total. The lowest BCUT2D eigenvalue weighted by molar-refractivity contribution is 0.345. The van der Waals surface area contributed by atoms with Crippen molar-refractivity contribution in [1.82, 2.24) is 15.5 Å². The van der Waals surface area contributed by atoms with E-state index in [1.165, 1.54) is 12.0 Å². The van der Waals surface area contributed by atoms with E-state index >= 15 is 0 Å². The fourth-order valence-electron chi connectivity index (χ4n) is 2.51. The van der Waals surface area contributed by atoms with E-state index in [0.29, 0.717) is 11.7 Å². The molecule has 1 aromatic heterocycles. The maximum Gasteiger partial charge on any atom is 0.244 e. The van der Waals surface area contributed by atoms with E-state index in [2.05, 4.69) is 60.5 Å². The second-order valence-electron chi connectivity index (χ2n) is 6.43. The van der Waals surface area contributed by atoms with Gasteiger partial charge < -0.3 is 9.84 Å². The van der Waals surface area contributed by atoms with Crippen LogP contribution < -0.4 is 5.32 Å². The Morgan fingerprint density at radius 1 is 1.20 bits per heavy atom. The van der Waals surface area contributed by atoms with Gasteiger partial charge in [0.05, 0.1) is 6.04 Å². The molecule has 3 rings (SSSR count). The zero-order chi connectivity index (χ0) is 14.2. The molecule has 20 heavy (non-hydrogen) atoms. The van der Waals surface area contributed by atoms with E-state index in [1.807, 2.05) is 0 Å². The smallest absolute Gasteiger partial charge is 0.244 e. The van der Waals surface area contributed by atoms with Crippen LogP contribution in [0.1, 0.15) is 51.1 Å². The first-order valence-electron chi connectivity index (χ1n) is 7.22. The molecule has 0 spiro atoms. The molecule has 2 aromatic rings. The van der Waals surface area contributed by atoms with E-state index in [1.54, 1.807) is 0 Å². The predicted octanol–water partition coefficient (Wildman–Crippen LogP) is 3.46. The number of nitrogens with zero attached hydrogens (tertiary/aromatic N) is 2. The highest BCUT2D eigenvalue weighted by atomic mass is 16.5. The fraction of sp³-hybridized carbons (Fsp3) is 0.500. The molecule has 0 unspecified atom stereocenters. The minimum absolute atomic E-state index is 0.161. The van der Waals surface area contributed by atoms with Crippen molar-refractivity contribution in [3.63, 3.8) is 0 Å². The number of benzene rings is 1. The molecule has 1 atom stereocenters. The Morgan fingerprint density at radius 3 is 2.55 bits per heavy atom. The number of hydrogen-bond donors (Lipinski definition) is 1. The third-order valence-corrected chi connectivity index (χ3v) is 3.81. The van der Waals surface area contributed by atoms with Crippen LogP contribution in [0.3, 0.4) is 0 Å². The third kappa shape index (κ3) is 2.61. The first kappa shape index (κ1) is 13.3. The van der Waals surface area contributed by atoms with Crippen molar-refractivity contribution in [3.05, 3.63) is 35.7 Å². The summed E-state index contributed by atoms with van der Waals surface area (Å²) in [6, 6.07) is 8.64. The van der Waals surface area contributed by atoms with Crippen LogP contribution in [0.25, 0.3) is 11.4 Å². The largest absolute Gasteiger partial charge is 0.337 e. The Kier molecular flexibility index (Phi) is 3.34. The van der Waals surface area contributed by atoms with Gasteiger partial charge in [0.25, 0.3) is 0 Å². The van der Waals surface area contributed by atoms with Crippen molar-refractivity contribution >= 4 is 0 Å². The second-order valence-corrected chi connectivity index (χ2v) is 6.43. The quantitative estimate of drug-likeness (QED) is 0.908. The highest BCUT2D eigenvalue weighted by Gasteiger charge is 2.22. The van der Waals surface area contributed by atoms with E-state index in [-0.39, 0.29) is 11.5 Å². The van der Waals surface area contributed by atoms with Gasteiger partial charge in [0.2, 0.25) is 11.7 Å². The van der Waals surface area contributed by atoms with Gasteiger partial charge in [-0.25, -0.2) is 0 Å². The summed E-state index contributed by atoms with van der Waals surface area (Å²) < 4.78 is 5.38. The van der Waals surface area contributed by atoms with Crippen LogP contribution in [-0.4, -0.2) is 16.7 Å². The molecule has 1 fully saturated rings. The Balaban J connectivity index is 1.82. The van der Waals surface area contributed by atoms with Gasteiger partial charge in [-0.1, -0.05) is 50.2 Å². The van der Waals surface area contributed by atoms with Crippen molar-refractivity contribution in [2.24, 2.45) is 0 Å². The van der Waals surface area contributed by atoms with Gasteiger partial charge in [0.15, 0.2) is 0 Å². The Labute approximate surface area is 119 Å². The highest BCUT2D eigenvalue weighted by Crippen LogP contribution is 2.27. The molecule has 0 bridgehead atoms. The van der Waals surface area contributed by atoms with Gasteiger partial charge in [-0.3, -0.25) is 0 Å². The van der Waals surface area contributed by atoms with Crippen LogP contribution in [0, 0.1) is 0 Å². The fourth-order valence-corrected chi connectivity index (χ4v) is 2.51. The summed E-state index contributed by atoms with van der Waals surface area (Å²) in [5.41, 5.74) is 2.47. The average Bonchev–Trinajstić information content (AvgIpc) is 3.09. The molecule has 1 saturated heterocycles. The molecule has 0 radical (unpaired) electrons. The van der Waals surface area contributed by atoms with E-state index in [0.717, 1.165) is 18.5 Å². The maximum absolute atomic E-state index is 5.38. The van der Waals surface area contributed by atoms with Gasteiger partial charge in [0.1, 0.15) is 0 Å². The third-order valence-electron chi connectivity index (χ3n) is 3.81. The monoisotopic (exact) mass is 271 g/mol. The van der Waals surface area contributed by atoms with Gasteiger partial charge in [-0.2, -0.15) is 4.98 Å². The van der Waals surface area contributed by atoms with Gasteiger partial charge >= 0.3 is 0 Å². The molecule has 2 heterocycles. The Bertz CT molecular complexity index is 575. The Morgan fingerprint density at radius 2 is 1.95 bits per heavy atom. The van der Waals surface area contributed by atoms with E-state index in [9.17, 15) is 0 Å². The van der Waals surface area contributed by atoms with Crippen molar-refractivity contribution in [2.45, 2.75) is 45.1 Å². The normalized spacial score (nSPS) is 19.4. The molecule has 1 N–H and O–H groups in total. The van der Waals surface area contributed by atoms with Crippen LogP contribution in [0.5, 0.6) is 0 Å². The maximum atomic E-state index is 5.38. The number of rotatable bonds is 2. The highest BCUT2D eigenvalue weighted by molar-refractivity contribution is 5.55. The van der Waals surface area contributed by atoms with Gasteiger partial charge in [-0.05, 0) is 30.4 Å². The summed E-state index contributed by atoms with van der Waals surface area (Å²) in [6.45, 7) is 7.66. The summed E-state index contributed by atoms with van der Waals surface area (Å²) >= 11 is 0. The molecule has 0 amide bonds. The summed E-state index contributed by atoms with van der Waals surface area (Å²) in [5, 5.41) is 7.47. The van der Waals surface area contributed by atoms with Crippen molar-refractivity contribution < 1.29 is 4.52 Å². The van der Waals surface area contributed by atoms with Crippen molar-refractivity contribution in [2.75, 3.05) is 6.54 Å². The van der Waals surface area contributed by atoms with E-state index in [4.69, 9.17) is 4.52 Å². The Hall–Kier alpha value is -1.68. The SMILES string of the molecule is CC(C)(C)c1ccc(-c2noc([C@@H]3CCCN3)n2)cc1. The average molecular weight is 271 g/mol. The molecule has 1 aromatic carbocycles. The molecule has 1 aliphatic heterocycles. The molecular weight excluding hydrogens is 250 g/mol. The zero-order valence-electron chi connectivity index (χ0n) is 12.3. The molecule has 4 heteroatoms. The summed E-state index contributed by atoms with van der Waals surface area (Å²) in [4.78, 5) is 4.51. The van der Waals surface area contributed by atoms with E-state index < -0.39 is 0 Å². The zero-order valence-corrected chi connectivity index (χ0v) is 12.3. The number of aromatic nitrogens is 2. The molecule has 1 aliphatic rings. The summed E-state index contributed by atoms with van der Waals surface area (Å²) in [5.74, 6) is 1.38. The molecule has 0 aliphatic carbocycles. The van der Waals surface area contributed by atoms with Crippen LogP contribution in [0.2, 0.25) is 0 Å². The van der Waals surface area contributed by atoms with Gasteiger partial charge in [-0.15, -0.1) is 0 Å². The first-order chi connectivity index (χ1) is 9.54. The standard InChI is InChI=1S/C16H21N3O/c1-16(2,3)12-8-6-11(7-9-12)14-18-15(20-19-14)13-5-4-10-17-13/h6-9,13,17H,4-5,10H2,1-3H3/t13-/m0/s1. The second kappa shape index (κ2) is 5.02. The minimum Gasteiger partial charge on any atom is -0.337 e. The first-order valence-corrected chi connectivity index (χ1v) is 7.22. The predicted molar refractivity (Wildman–Crippen MR) is 78.4 cm³/mol. The number of hydrogen-bond acceptors (Lipinski definition) is 4. The van der Waals surface area contributed by atoms with Crippen molar-refractivity contribution in [3.8, 4) is 11.4 Å². The lowest BCUT2D eigenvalue weighted by Crippen LogP contribution is -2.13. The van der Waals surface area contributed by atoms with Crippen LogP contribution in [0.4, 0.5) is 0 Å². The topological polar surface area (TPSA) is 51.0 Å². The minimum atomic E-state index is 0.161. The summed E-state index contributed by atoms with van der Waals surface area (Å²) in [6.07, 6.45) is 2.24. The molecule has 0 saturated carbocycles. The molecule has 106 valence electrons. The lowest BCUT2D eigenvalue weighted by Gasteiger charge is -2.18. The van der Waals surface area contributed by atoms with Crippen LogP contribution in [-0.2, 0) is 5.41 Å². The van der Waals surface area contributed by atoms with Crippen LogP contribution >= 0.6 is 0 Å². The van der Waals surface area contributed by atoms with Gasteiger partial charge in [0, 0.05) is 5.56 Å². The van der Waals surface area contributed by atoms with Crippen molar-refractivity contribution in [1.29, 1.82) is 0 Å². The van der Waals surface area contributed by atoms with Crippen LogP contribution in [0.15, 0.2) is 28.8 Å². The lowest BCUT2D eigenvalue weighted by atomic mass is 9.87. The number of nitrogens with one attached hydrogen (secondary N) is 1.